The van der Waals surface area contributed by atoms with Gasteiger partial charge in [0.1, 0.15) is 0 Å². The van der Waals surface area contributed by atoms with Gasteiger partial charge in [0.15, 0.2) is 0 Å². The Morgan fingerprint density at radius 3 is 2.69 bits per heavy atom. The molecule has 0 aliphatic carbocycles. The SMILES string of the molecule is CCC(C)(N)C(=O)NCCN1CCOCC1. The first kappa shape index (κ1) is 13.4. The van der Waals surface area contributed by atoms with E-state index in [9.17, 15) is 4.79 Å². The number of nitrogens with zero attached hydrogens (tertiary/aromatic N) is 1. The molecule has 5 nitrogen and oxygen atoms in total. The summed E-state index contributed by atoms with van der Waals surface area (Å²) < 4.78 is 5.25. The molecule has 0 bridgehead atoms. The number of carbonyl (C=O) groups excluding carboxylic acids is 1. The van der Waals surface area contributed by atoms with E-state index in [2.05, 4.69) is 10.2 Å². The standard InChI is InChI=1S/C11H23N3O2/c1-3-11(2,12)10(15)13-4-5-14-6-8-16-9-7-14/h3-9,12H2,1-2H3,(H,13,15). The third-order valence-electron chi connectivity index (χ3n) is 3.07. The molecule has 3 N–H and O–H groups in total. The van der Waals surface area contributed by atoms with Gasteiger partial charge in [0, 0.05) is 26.2 Å². The Hall–Kier alpha value is -0.650. The second-order valence-corrected chi connectivity index (χ2v) is 4.48. The molecule has 1 aliphatic heterocycles. The summed E-state index contributed by atoms with van der Waals surface area (Å²) in [4.78, 5) is 13.9. The third kappa shape index (κ3) is 4.08. The van der Waals surface area contributed by atoms with Gasteiger partial charge in [-0.15, -0.1) is 0 Å². The first-order chi connectivity index (χ1) is 7.56. The number of morpholine rings is 1. The zero-order valence-corrected chi connectivity index (χ0v) is 10.3. The zero-order valence-electron chi connectivity index (χ0n) is 10.3. The van der Waals surface area contributed by atoms with Crippen molar-refractivity contribution in [1.82, 2.24) is 10.2 Å². The molecule has 5 heteroatoms. The summed E-state index contributed by atoms with van der Waals surface area (Å²) in [5, 5.41) is 2.87. The van der Waals surface area contributed by atoms with Crippen LogP contribution >= 0.6 is 0 Å². The van der Waals surface area contributed by atoms with Gasteiger partial charge in [0.2, 0.25) is 5.91 Å². The van der Waals surface area contributed by atoms with Gasteiger partial charge in [0.05, 0.1) is 18.8 Å². The quantitative estimate of drug-likeness (QED) is 0.671. The first-order valence-electron chi connectivity index (χ1n) is 5.93. The van der Waals surface area contributed by atoms with Crippen LogP contribution in [0, 0.1) is 0 Å². The summed E-state index contributed by atoms with van der Waals surface area (Å²) in [7, 11) is 0. The van der Waals surface area contributed by atoms with E-state index in [1.807, 2.05) is 6.92 Å². The maximum atomic E-state index is 11.7. The molecule has 0 radical (unpaired) electrons. The Balaban J connectivity index is 2.17. The normalized spacial score (nSPS) is 21.4. The topological polar surface area (TPSA) is 67.6 Å². The lowest BCUT2D eigenvalue weighted by atomic mass is 10.00. The van der Waals surface area contributed by atoms with Crippen molar-refractivity contribution in [3.8, 4) is 0 Å². The van der Waals surface area contributed by atoms with Crippen LogP contribution < -0.4 is 11.1 Å². The number of ether oxygens (including phenoxy) is 1. The largest absolute Gasteiger partial charge is 0.379 e. The van der Waals surface area contributed by atoms with Crippen molar-refractivity contribution in [2.24, 2.45) is 5.73 Å². The van der Waals surface area contributed by atoms with Crippen molar-refractivity contribution in [3.63, 3.8) is 0 Å². The van der Waals surface area contributed by atoms with E-state index < -0.39 is 5.54 Å². The molecule has 0 aromatic carbocycles. The number of nitrogens with two attached hydrogens (primary N) is 1. The number of amides is 1. The summed E-state index contributed by atoms with van der Waals surface area (Å²) in [6, 6.07) is 0. The van der Waals surface area contributed by atoms with Gasteiger partial charge in [-0.1, -0.05) is 6.92 Å². The summed E-state index contributed by atoms with van der Waals surface area (Å²) in [6.45, 7) is 8.68. The smallest absolute Gasteiger partial charge is 0.239 e. The Bertz CT molecular complexity index is 225. The highest BCUT2D eigenvalue weighted by Crippen LogP contribution is 2.03. The first-order valence-corrected chi connectivity index (χ1v) is 5.93. The maximum absolute atomic E-state index is 11.7. The van der Waals surface area contributed by atoms with E-state index in [0.29, 0.717) is 13.0 Å². The fourth-order valence-electron chi connectivity index (χ4n) is 1.51. The number of nitrogens with one attached hydrogen (secondary N) is 1. The molecular formula is C11H23N3O2. The molecule has 0 aromatic heterocycles. The van der Waals surface area contributed by atoms with Gasteiger partial charge in [-0.25, -0.2) is 0 Å². The van der Waals surface area contributed by atoms with Crippen LogP contribution in [0.25, 0.3) is 0 Å². The summed E-state index contributed by atoms with van der Waals surface area (Å²) in [5.41, 5.74) is 5.09. The lowest BCUT2D eigenvalue weighted by molar-refractivity contribution is -0.125. The molecular weight excluding hydrogens is 206 g/mol. The van der Waals surface area contributed by atoms with Crippen LogP contribution in [-0.2, 0) is 9.53 Å². The van der Waals surface area contributed by atoms with Crippen LogP contribution in [0.1, 0.15) is 20.3 Å². The van der Waals surface area contributed by atoms with Gasteiger partial charge >= 0.3 is 0 Å². The lowest BCUT2D eigenvalue weighted by Gasteiger charge is -2.27. The summed E-state index contributed by atoms with van der Waals surface area (Å²) in [5.74, 6) is -0.0664. The van der Waals surface area contributed by atoms with Crippen LogP contribution in [0.3, 0.4) is 0 Å². The van der Waals surface area contributed by atoms with Gasteiger partial charge in [-0.2, -0.15) is 0 Å². The van der Waals surface area contributed by atoms with Gasteiger partial charge in [0.25, 0.3) is 0 Å². The molecule has 0 saturated carbocycles. The Morgan fingerprint density at radius 1 is 1.50 bits per heavy atom. The molecule has 1 saturated heterocycles. The van der Waals surface area contributed by atoms with Crippen LogP contribution in [0.5, 0.6) is 0 Å². The van der Waals surface area contributed by atoms with Gasteiger partial charge in [-0.05, 0) is 13.3 Å². The van der Waals surface area contributed by atoms with Gasteiger partial charge in [-0.3, -0.25) is 9.69 Å². The predicted octanol–water partition coefficient (Wildman–Crippen LogP) is -0.438. The van der Waals surface area contributed by atoms with E-state index in [0.717, 1.165) is 32.8 Å². The highest BCUT2D eigenvalue weighted by Gasteiger charge is 2.25. The molecule has 1 amide bonds. The summed E-state index contributed by atoms with van der Waals surface area (Å²) >= 11 is 0. The predicted molar refractivity (Wildman–Crippen MR) is 63.2 cm³/mol. The van der Waals surface area contributed by atoms with E-state index >= 15 is 0 Å². The van der Waals surface area contributed by atoms with Crippen molar-refractivity contribution in [2.75, 3.05) is 39.4 Å². The number of hydrogen-bond acceptors (Lipinski definition) is 4. The number of hydrogen-bond donors (Lipinski definition) is 2. The Morgan fingerprint density at radius 2 is 2.12 bits per heavy atom. The minimum absolute atomic E-state index is 0.0664. The number of rotatable bonds is 5. The Kier molecular flexibility index (Phi) is 5.18. The minimum Gasteiger partial charge on any atom is -0.379 e. The molecule has 1 heterocycles. The fraction of sp³-hybridized carbons (Fsp3) is 0.909. The van der Waals surface area contributed by atoms with E-state index in [-0.39, 0.29) is 5.91 Å². The molecule has 1 rings (SSSR count). The van der Waals surface area contributed by atoms with Crippen molar-refractivity contribution < 1.29 is 9.53 Å². The fourth-order valence-corrected chi connectivity index (χ4v) is 1.51. The monoisotopic (exact) mass is 229 g/mol. The minimum atomic E-state index is -0.745. The van der Waals surface area contributed by atoms with Crippen molar-refractivity contribution >= 4 is 5.91 Å². The third-order valence-corrected chi connectivity index (χ3v) is 3.07. The highest BCUT2D eigenvalue weighted by atomic mass is 16.5. The van der Waals surface area contributed by atoms with Crippen molar-refractivity contribution in [1.29, 1.82) is 0 Å². The zero-order chi connectivity index (χ0) is 12.0. The second kappa shape index (κ2) is 6.18. The average molecular weight is 229 g/mol. The molecule has 1 aliphatic rings. The molecule has 94 valence electrons. The maximum Gasteiger partial charge on any atom is 0.239 e. The average Bonchev–Trinajstić information content (AvgIpc) is 2.30. The molecule has 1 atom stereocenters. The van der Waals surface area contributed by atoms with Gasteiger partial charge < -0.3 is 15.8 Å². The van der Waals surface area contributed by atoms with Crippen LogP contribution in [0.15, 0.2) is 0 Å². The highest BCUT2D eigenvalue weighted by molar-refractivity contribution is 5.85. The summed E-state index contributed by atoms with van der Waals surface area (Å²) in [6.07, 6.45) is 0.649. The second-order valence-electron chi connectivity index (χ2n) is 4.48. The van der Waals surface area contributed by atoms with E-state index in [1.165, 1.54) is 0 Å². The van der Waals surface area contributed by atoms with Crippen molar-refractivity contribution in [3.05, 3.63) is 0 Å². The van der Waals surface area contributed by atoms with E-state index in [4.69, 9.17) is 10.5 Å². The molecule has 1 unspecified atom stereocenters. The Labute approximate surface area is 97.3 Å². The van der Waals surface area contributed by atoms with E-state index in [1.54, 1.807) is 6.92 Å². The molecule has 0 aromatic rings. The number of carbonyl (C=O) groups is 1. The van der Waals surface area contributed by atoms with Crippen LogP contribution in [0.2, 0.25) is 0 Å². The van der Waals surface area contributed by atoms with Crippen LogP contribution in [0.4, 0.5) is 0 Å². The van der Waals surface area contributed by atoms with Crippen LogP contribution in [-0.4, -0.2) is 55.7 Å². The molecule has 0 spiro atoms. The molecule has 16 heavy (non-hydrogen) atoms. The molecule has 1 fully saturated rings. The lowest BCUT2D eigenvalue weighted by Crippen LogP contribution is -2.52. The van der Waals surface area contributed by atoms with Crippen molar-refractivity contribution in [2.45, 2.75) is 25.8 Å².